The number of carboxylic acids is 2. The highest BCUT2D eigenvalue weighted by atomic mass is 35.5. The number of carboxylic acid groups (broad SMARTS) is 2. The van der Waals surface area contributed by atoms with Gasteiger partial charge in [0.15, 0.2) is 5.75 Å². The van der Waals surface area contributed by atoms with E-state index in [0.717, 1.165) is 12.2 Å². The van der Waals surface area contributed by atoms with E-state index in [1.165, 1.54) is 12.1 Å². The van der Waals surface area contributed by atoms with Gasteiger partial charge in [-0.25, -0.2) is 14.8 Å². The number of allylic oxidation sites excluding steroid dienone is 2. The van der Waals surface area contributed by atoms with Crippen molar-refractivity contribution in [1.82, 2.24) is 0 Å². The molecule has 0 fully saturated rings. The highest BCUT2D eigenvalue weighted by Crippen LogP contribution is 2.17. The molecule has 2 rings (SSSR count). The highest BCUT2D eigenvalue weighted by Gasteiger charge is 2.25. The lowest BCUT2D eigenvalue weighted by Gasteiger charge is -2.03. The zero-order chi connectivity index (χ0) is 17.6. The quantitative estimate of drug-likeness (QED) is 0.326. The molecule has 0 aliphatic heterocycles. The van der Waals surface area contributed by atoms with Crippen LogP contribution in [0.5, 0.6) is 5.75 Å². The molecule has 23 heavy (non-hydrogen) atoms. The number of hydrogen-bond donors (Lipinski definition) is 3. The van der Waals surface area contributed by atoms with Gasteiger partial charge in [-0.3, -0.25) is 9.59 Å². The van der Waals surface area contributed by atoms with Gasteiger partial charge in [0.05, 0.1) is 5.57 Å². The van der Waals surface area contributed by atoms with Crippen LogP contribution in [0.15, 0.2) is 47.0 Å². The number of carbonyl (C=O) groups excluding carboxylic acids is 2. The lowest BCUT2D eigenvalue weighted by Crippen LogP contribution is -2.18. The maximum absolute atomic E-state index is 10.8. The summed E-state index contributed by atoms with van der Waals surface area (Å²) in [6.07, 6.45) is 1.89. The Morgan fingerprint density at radius 2 is 1.61 bits per heavy atom. The Morgan fingerprint density at radius 1 is 1.00 bits per heavy atom. The fraction of sp³-hybridized carbons (Fsp3) is 0. The van der Waals surface area contributed by atoms with Gasteiger partial charge in [0.2, 0.25) is 11.6 Å². The third-order valence-electron chi connectivity index (χ3n) is 2.51. The molecule has 0 bridgehead atoms. The second-order valence-electron chi connectivity index (χ2n) is 3.95. The van der Waals surface area contributed by atoms with Crippen molar-refractivity contribution in [3.8, 4) is 5.75 Å². The summed E-state index contributed by atoms with van der Waals surface area (Å²) in [5.74, 6) is -4.28. The Bertz CT molecular complexity index is 732. The summed E-state index contributed by atoms with van der Waals surface area (Å²) in [6.45, 7) is 0. The molecule has 120 valence electrons. The second kappa shape index (κ2) is 7.87. The van der Waals surface area contributed by atoms with Crippen molar-refractivity contribution in [2.75, 3.05) is 0 Å². The zero-order valence-electron chi connectivity index (χ0n) is 11.2. The number of halogens is 1. The molecule has 0 saturated heterocycles. The molecule has 0 aromatic heterocycles. The van der Waals surface area contributed by atoms with Crippen molar-refractivity contribution in [2.24, 2.45) is 0 Å². The van der Waals surface area contributed by atoms with Crippen molar-refractivity contribution in [3.05, 3.63) is 52.6 Å². The van der Waals surface area contributed by atoms with Crippen molar-refractivity contribution in [1.29, 1.82) is 0 Å². The molecule has 0 unspecified atom stereocenters. The van der Waals surface area contributed by atoms with Gasteiger partial charge in [-0.1, -0.05) is 23.7 Å². The number of rotatable bonds is 3. The lowest BCUT2D eigenvalue weighted by molar-refractivity contribution is -0.138. The van der Waals surface area contributed by atoms with Crippen molar-refractivity contribution in [2.45, 2.75) is 0 Å². The maximum Gasteiger partial charge on any atom is 0.339 e. The van der Waals surface area contributed by atoms with Gasteiger partial charge in [-0.05, 0) is 24.3 Å². The van der Waals surface area contributed by atoms with Gasteiger partial charge in [0.25, 0.3) is 0 Å². The third-order valence-corrected chi connectivity index (χ3v) is 2.88. The maximum atomic E-state index is 10.8. The number of carbonyl (C=O) groups is 4. The van der Waals surface area contributed by atoms with Crippen LogP contribution >= 0.6 is 11.6 Å². The molecule has 1 aliphatic rings. The molecule has 0 heterocycles. The SMILES string of the molecule is O=C(O)C1=C(Cl)C(=O)C(=O)C=C1.O=C(O)c1ccccc1OO. The summed E-state index contributed by atoms with van der Waals surface area (Å²) < 4.78 is 0. The molecule has 1 aromatic rings. The molecular formula is C14H9ClO8. The normalized spacial score (nSPS) is 13.3. The predicted octanol–water partition coefficient (Wildman–Crippen LogP) is 1.51. The predicted molar refractivity (Wildman–Crippen MR) is 76.3 cm³/mol. The smallest absolute Gasteiger partial charge is 0.339 e. The van der Waals surface area contributed by atoms with E-state index in [1.54, 1.807) is 12.1 Å². The number of ketones is 2. The van der Waals surface area contributed by atoms with Crippen LogP contribution < -0.4 is 4.89 Å². The fourth-order valence-corrected chi connectivity index (χ4v) is 1.66. The van der Waals surface area contributed by atoms with E-state index < -0.39 is 28.5 Å². The molecule has 0 spiro atoms. The standard InChI is InChI=1S/C7H3ClO4.C7H6O4/c8-5-3(7(11)12)1-2-4(9)6(5)10;8-7(9)5-3-1-2-4-6(5)11-10/h1-2H,(H,11,12);1-4,10H,(H,8,9). The Morgan fingerprint density at radius 3 is 2.09 bits per heavy atom. The molecule has 3 N–H and O–H groups in total. The first-order valence-electron chi connectivity index (χ1n) is 5.83. The van der Waals surface area contributed by atoms with Crippen molar-refractivity contribution in [3.63, 3.8) is 0 Å². The number of aromatic carboxylic acids is 1. The van der Waals surface area contributed by atoms with E-state index in [9.17, 15) is 19.2 Å². The molecule has 0 amide bonds. The largest absolute Gasteiger partial charge is 0.478 e. The van der Waals surface area contributed by atoms with Crippen LogP contribution in [0, 0.1) is 0 Å². The molecule has 1 aliphatic carbocycles. The number of hydrogen-bond acceptors (Lipinski definition) is 6. The lowest BCUT2D eigenvalue weighted by atomic mass is 10.1. The number of para-hydroxylation sites is 1. The van der Waals surface area contributed by atoms with Crippen LogP contribution in [0.3, 0.4) is 0 Å². The van der Waals surface area contributed by atoms with E-state index in [0.29, 0.717) is 0 Å². The van der Waals surface area contributed by atoms with Gasteiger partial charge in [0, 0.05) is 0 Å². The first kappa shape index (κ1) is 18.1. The fourth-order valence-electron chi connectivity index (χ4n) is 1.43. The third kappa shape index (κ3) is 4.50. The summed E-state index contributed by atoms with van der Waals surface area (Å²) in [5, 5.41) is 24.6. The van der Waals surface area contributed by atoms with E-state index in [4.69, 9.17) is 27.1 Å². The minimum absolute atomic E-state index is 0.0556. The van der Waals surface area contributed by atoms with Crippen molar-refractivity contribution < 1.29 is 39.5 Å². The summed E-state index contributed by atoms with van der Waals surface area (Å²) in [4.78, 5) is 46.0. The van der Waals surface area contributed by atoms with E-state index in [-0.39, 0.29) is 16.9 Å². The van der Waals surface area contributed by atoms with Gasteiger partial charge in [-0.2, -0.15) is 0 Å². The molecule has 0 radical (unpaired) electrons. The first-order valence-corrected chi connectivity index (χ1v) is 6.21. The van der Waals surface area contributed by atoms with Crippen LogP contribution in [0.4, 0.5) is 0 Å². The first-order chi connectivity index (χ1) is 10.8. The minimum atomic E-state index is -1.32. The van der Waals surface area contributed by atoms with Crippen LogP contribution in [0.25, 0.3) is 0 Å². The number of benzene rings is 1. The van der Waals surface area contributed by atoms with Crippen molar-refractivity contribution >= 4 is 35.1 Å². The van der Waals surface area contributed by atoms with Crippen LogP contribution in [0.1, 0.15) is 10.4 Å². The second-order valence-corrected chi connectivity index (χ2v) is 4.33. The van der Waals surface area contributed by atoms with Gasteiger partial charge >= 0.3 is 11.9 Å². The number of aliphatic carboxylic acids is 1. The Balaban J connectivity index is 0.000000231. The average molecular weight is 341 g/mol. The van der Waals surface area contributed by atoms with E-state index >= 15 is 0 Å². The summed E-state index contributed by atoms with van der Waals surface area (Å²) in [5.41, 5.74) is -0.406. The Labute approximate surface area is 133 Å². The monoisotopic (exact) mass is 340 g/mol. The minimum Gasteiger partial charge on any atom is -0.478 e. The van der Waals surface area contributed by atoms with E-state index in [1.807, 2.05) is 0 Å². The van der Waals surface area contributed by atoms with Gasteiger partial charge in [0.1, 0.15) is 10.6 Å². The number of Topliss-reactive ketones (excluding diaryl/α,β-unsaturated/α-hetero) is 1. The van der Waals surface area contributed by atoms with Crippen LogP contribution in [-0.2, 0) is 14.4 Å². The molecule has 0 atom stereocenters. The summed E-state index contributed by atoms with van der Waals surface area (Å²) in [7, 11) is 0. The zero-order valence-corrected chi connectivity index (χ0v) is 12.0. The van der Waals surface area contributed by atoms with Crippen LogP contribution in [0.2, 0.25) is 0 Å². The highest BCUT2D eigenvalue weighted by molar-refractivity contribution is 6.61. The molecule has 1 aromatic carbocycles. The Kier molecular flexibility index (Phi) is 6.19. The molecule has 9 heteroatoms. The summed E-state index contributed by atoms with van der Waals surface area (Å²) in [6, 6.07) is 5.82. The average Bonchev–Trinajstić information content (AvgIpc) is 2.52. The molecule has 8 nitrogen and oxygen atoms in total. The Hall–Kier alpha value is -2.97. The molecule has 0 saturated carbocycles. The molecular weight excluding hydrogens is 332 g/mol. The topological polar surface area (TPSA) is 138 Å². The van der Waals surface area contributed by atoms with Gasteiger partial charge < -0.3 is 15.1 Å². The van der Waals surface area contributed by atoms with Gasteiger partial charge in [-0.15, -0.1) is 0 Å². The van der Waals surface area contributed by atoms with E-state index in [2.05, 4.69) is 4.89 Å². The van der Waals surface area contributed by atoms with Crippen LogP contribution in [-0.4, -0.2) is 39.0 Å². The summed E-state index contributed by atoms with van der Waals surface area (Å²) >= 11 is 5.30.